The first-order valence-electron chi connectivity index (χ1n) is 13.2. The van der Waals surface area contributed by atoms with Crippen molar-refractivity contribution in [1.82, 2.24) is 4.90 Å². The third-order valence-electron chi connectivity index (χ3n) is 5.63. The van der Waals surface area contributed by atoms with Crippen LogP contribution in [-0.2, 0) is 28.6 Å². The van der Waals surface area contributed by atoms with E-state index in [9.17, 15) is 19.5 Å². The second-order valence-electron chi connectivity index (χ2n) is 9.20. The average molecular weight is 500 g/mol. The first-order valence-corrected chi connectivity index (χ1v) is 13.2. The van der Waals surface area contributed by atoms with Gasteiger partial charge in [-0.1, -0.05) is 51.2 Å². The number of unbranched alkanes of at least 4 members (excludes halogenated alkanes) is 7. The maximum absolute atomic E-state index is 12.3. The second-order valence-corrected chi connectivity index (χ2v) is 9.20. The second kappa shape index (κ2) is 22.5. The van der Waals surface area contributed by atoms with E-state index < -0.39 is 18.2 Å². The van der Waals surface area contributed by atoms with Crippen LogP contribution in [0.5, 0.6) is 0 Å². The highest BCUT2D eigenvalue weighted by Crippen LogP contribution is 2.15. The fraction of sp³-hybridized carbons (Fsp3) is 0.815. The SMILES string of the molecule is CCCCCC(OC(=O)CCCC(=O)OCCN(C)C)C(O)C=CCCCCCCCC(=O)OC. The largest absolute Gasteiger partial charge is 0.469 e. The molecule has 35 heavy (non-hydrogen) atoms. The molecule has 0 amide bonds. The summed E-state index contributed by atoms with van der Waals surface area (Å²) in [7, 11) is 5.22. The van der Waals surface area contributed by atoms with Crippen LogP contribution in [0.25, 0.3) is 0 Å². The molecule has 0 aromatic rings. The summed E-state index contributed by atoms with van der Waals surface area (Å²) in [4.78, 5) is 37.0. The van der Waals surface area contributed by atoms with Crippen molar-refractivity contribution >= 4 is 17.9 Å². The molecule has 0 aromatic heterocycles. The minimum absolute atomic E-state index is 0.124. The molecule has 8 nitrogen and oxygen atoms in total. The monoisotopic (exact) mass is 499 g/mol. The van der Waals surface area contributed by atoms with Crippen molar-refractivity contribution < 1.29 is 33.7 Å². The predicted octanol–water partition coefficient (Wildman–Crippen LogP) is 4.57. The van der Waals surface area contributed by atoms with Gasteiger partial charge in [0.1, 0.15) is 18.8 Å². The quantitative estimate of drug-likeness (QED) is 0.1000. The van der Waals surface area contributed by atoms with Gasteiger partial charge in [-0.2, -0.15) is 0 Å². The van der Waals surface area contributed by atoms with Crippen LogP contribution in [0.1, 0.15) is 96.8 Å². The maximum atomic E-state index is 12.3. The molecule has 1 N–H and O–H groups in total. The van der Waals surface area contributed by atoms with Crippen LogP contribution in [0.4, 0.5) is 0 Å². The zero-order valence-corrected chi connectivity index (χ0v) is 22.5. The summed E-state index contributed by atoms with van der Waals surface area (Å²) in [6.07, 6.45) is 12.8. The lowest BCUT2D eigenvalue weighted by molar-refractivity contribution is -0.154. The Balaban J connectivity index is 4.26. The van der Waals surface area contributed by atoms with Gasteiger partial charge in [-0.3, -0.25) is 14.4 Å². The Labute approximate surface area is 212 Å². The molecule has 0 aliphatic rings. The van der Waals surface area contributed by atoms with E-state index in [1.807, 2.05) is 25.1 Å². The molecule has 0 spiro atoms. The Morgan fingerprint density at radius 1 is 0.857 bits per heavy atom. The number of methoxy groups -OCH3 is 1. The molecule has 2 atom stereocenters. The van der Waals surface area contributed by atoms with Crippen LogP contribution in [-0.4, -0.2) is 74.5 Å². The molecule has 0 bridgehead atoms. The Hall–Kier alpha value is -1.93. The number of carbonyl (C=O) groups is 3. The van der Waals surface area contributed by atoms with Crippen molar-refractivity contribution in [3.05, 3.63) is 12.2 Å². The van der Waals surface area contributed by atoms with Crippen LogP contribution in [0.3, 0.4) is 0 Å². The van der Waals surface area contributed by atoms with Gasteiger partial charge in [-0.25, -0.2) is 0 Å². The number of carbonyl (C=O) groups excluding carboxylic acids is 3. The Kier molecular flexibility index (Phi) is 21.3. The number of hydrogen-bond donors (Lipinski definition) is 1. The van der Waals surface area contributed by atoms with Gasteiger partial charge in [0, 0.05) is 25.8 Å². The first-order chi connectivity index (χ1) is 16.8. The van der Waals surface area contributed by atoms with Gasteiger partial charge >= 0.3 is 17.9 Å². The third-order valence-corrected chi connectivity index (χ3v) is 5.63. The highest BCUT2D eigenvalue weighted by molar-refractivity contribution is 5.72. The number of aliphatic hydroxyl groups excluding tert-OH is 1. The summed E-state index contributed by atoms with van der Waals surface area (Å²) >= 11 is 0. The molecule has 204 valence electrons. The average Bonchev–Trinajstić information content (AvgIpc) is 2.81. The van der Waals surface area contributed by atoms with Gasteiger partial charge in [-0.05, 0) is 52.6 Å². The summed E-state index contributed by atoms with van der Waals surface area (Å²) in [5.41, 5.74) is 0. The van der Waals surface area contributed by atoms with Crippen molar-refractivity contribution in [3.8, 4) is 0 Å². The number of ether oxygens (including phenoxy) is 3. The Bertz CT molecular complexity index is 592. The van der Waals surface area contributed by atoms with Gasteiger partial charge < -0.3 is 24.2 Å². The highest BCUT2D eigenvalue weighted by atomic mass is 16.6. The Morgan fingerprint density at radius 2 is 1.51 bits per heavy atom. The lowest BCUT2D eigenvalue weighted by Crippen LogP contribution is -2.30. The number of likely N-dealkylation sites (N-methyl/N-ethyl adjacent to an activating group) is 1. The summed E-state index contributed by atoms with van der Waals surface area (Å²) in [6.45, 7) is 3.10. The van der Waals surface area contributed by atoms with E-state index in [1.54, 1.807) is 6.08 Å². The van der Waals surface area contributed by atoms with Crippen molar-refractivity contribution in [1.29, 1.82) is 0 Å². The van der Waals surface area contributed by atoms with Crippen LogP contribution < -0.4 is 0 Å². The van der Waals surface area contributed by atoms with Crippen molar-refractivity contribution in [2.45, 2.75) is 109 Å². The minimum atomic E-state index is -0.841. The van der Waals surface area contributed by atoms with Gasteiger partial charge in [0.15, 0.2) is 0 Å². The van der Waals surface area contributed by atoms with E-state index in [2.05, 4.69) is 11.7 Å². The van der Waals surface area contributed by atoms with Gasteiger partial charge in [0.2, 0.25) is 0 Å². The number of esters is 3. The molecule has 0 radical (unpaired) electrons. The van der Waals surface area contributed by atoms with Crippen LogP contribution in [0.15, 0.2) is 12.2 Å². The summed E-state index contributed by atoms with van der Waals surface area (Å²) in [5.74, 6) is -0.869. The molecule has 2 unspecified atom stereocenters. The molecule has 0 rings (SSSR count). The molecule has 0 aromatic carbocycles. The summed E-state index contributed by atoms with van der Waals surface area (Å²) in [5, 5.41) is 10.6. The van der Waals surface area contributed by atoms with E-state index in [0.29, 0.717) is 32.4 Å². The van der Waals surface area contributed by atoms with Crippen LogP contribution in [0, 0.1) is 0 Å². The number of rotatable bonds is 22. The molecule has 0 saturated carbocycles. The number of hydrogen-bond acceptors (Lipinski definition) is 8. The topological polar surface area (TPSA) is 102 Å². The molecule has 8 heteroatoms. The predicted molar refractivity (Wildman–Crippen MR) is 137 cm³/mol. The third kappa shape index (κ3) is 21.1. The van der Waals surface area contributed by atoms with Crippen molar-refractivity contribution in [3.63, 3.8) is 0 Å². The van der Waals surface area contributed by atoms with Gasteiger partial charge in [0.05, 0.1) is 7.11 Å². The molecule has 0 aliphatic heterocycles. The molecule has 0 heterocycles. The highest BCUT2D eigenvalue weighted by Gasteiger charge is 2.21. The fourth-order valence-corrected chi connectivity index (χ4v) is 3.44. The normalized spacial score (nSPS) is 13.1. The lowest BCUT2D eigenvalue weighted by atomic mass is 10.0. The van der Waals surface area contributed by atoms with Crippen LogP contribution >= 0.6 is 0 Å². The molecular formula is C27H49NO7. The Morgan fingerprint density at radius 3 is 2.20 bits per heavy atom. The van der Waals surface area contributed by atoms with E-state index in [-0.39, 0.29) is 24.8 Å². The molecule has 0 aliphatic carbocycles. The van der Waals surface area contributed by atoms with E-state index in [0.717, 1.165) is 57.8 Å². The smallest absolute Gasteiger partial charge is 0.306 e. The fourth-order valence-electron chi connectivity index (χ4n) is 3.44. The number of allylic oxidation sites excluding steroid dienone is 1. The number of nitrogens with zero attached hydrogens (tertiary/aromatic N) is 1. The van der Waals surface area contributed by atoms with Crippen molar-refractivity contribution in [2.24, 2.45) is 0 Å². The maximum Gasteiger partial charge on any atom is 0.306 e. The van der Waals surface area contributed by atoms with Gasteiger partial charge in [0.25, 0.3) is 0 Å². The molecule has 0 fully saturated rings. The molecular weight excluding hydrogens is 450 g/mol. The van der Waals surface area contributed by atoms with Crippen molar-refractivity contribution in [2.75, 3.05) is 34.4 Å². The zero-order chi connectivity index (χ0) is 26.3. The lowest BCUT2D eigenvalue weighted by Gasteiger charge is -2.21. The molecule has 0 saturated heterocycles. The zero-order valence-electron chi connectivity index (χ0n) is 22.5. The summed E-state index contributed by atoms with van der Waals surface area (Å²) < 4.78 is 15.3. The van der Waals surface area contributed by atoms with E-state index in [1.165, 1.54) is 7.11 Å². The number of aliphatic hydroxyl groups is 1. The van der Waals surface area contributed by atoms with Crippen LogP contribution in [0.2, 0.25) is 0 Å². The summed E-state index contributed by atoms with van der Waals surface area (Å²) in [6, 6.07) is 0. The van der Waals surface area contributed by atoms with E-state index >= 15 is 0 Å². The first kappa shape index (κ1) is 33.1. The minimum Gasteiger partial charge on any atom is -0.469 e. The van der Waals surface area contributed by atoms with Gasteiger partial charge in [-0.15, -0.1) is 0 Å². The van der Waals surface area contributed by atoms with E-state index in [4.69, 9.17) is 9.47 Å². The standard InChI is InChI=1S/C27H49NO7/c1-5-6-12-17-24(35-27(32)20-15-19-26(31)34-22-21-28(2)3)23(29)16-13-10-8-7-9-11-14-18-25(30)33-4/h13,16,23-24,29H,5-12,14-15,17-22H2,1-4H3.